The molecule has 1 amide bonds. The van der Waals surface area contributed by atoms with Gasteiger partial charge in [0.1, 0.15) is 18.1 Å². The summed E-state index contributed by atoms with van der Waals surface area (Å²) >= 11 is 6.34. The van der Waals surface area contributed by atoms with Crippen molar-refractivity contribution in [2.24, 2.45) is 27.5 Å². The summed E-state index contributed by atoms with van der Waals surface area (Å²) in [6.07, 6.45) is 6.26. The van der Waals surface area contributed by atoms with E-state index >= 15 is 0 Å². The maximum absolute atomic E-state index is 12.2. The second-order valence-electron chi connectivity index (χ2n) is 10.9. The molecule has 1 saturated carbocycles. The SMILES string of the molecule is CC1(C)CC(C)(C)C1(Oc1ccc(C#N)c(Cl)c1)N1C=C(C(N)=O)C=NC1N1CCC(C=O)CC1. The van der Waals surface area contributed by atoms with E-state index in [4.69, 9.17) is 27.1 Å². The summed E-state index contributed by atoms with van der Waals surface area (Å²) in [5, 5.41) is 9.60. The van der Waals surface area contributed by atoms with Gasteiger partial charge in [-0.2, -0.15) is 5.26 Å². The van der Waals surface area contributed by atoms with Crippen LogP contribution in [0.5, 0.6) is 5.75 Å². The summed E-state index contributed by atoms with van der Waals surface area (Å²) in [5.74, 6) is 0.00628. The molecule has 2 fully saturated rings. The fourth-order valence-electron chi connectivity index (χ4n) is 6.41. The molecule has 1 atom stereocenters. The summed E-state index contributed by atoms with van der Waals surface area (Å²) in [7, 11) is 0. The molecule has 2 N–H and O–H groups in total. The Morgan fingerprint density at radius 3 is 2.43 bits per heavy atom. The van der Waals surface area contributed by atoms with Crippen molar-refractivity contribution in [3.8, 4) is 11.8 Å². The van der Waals surface area contributed by atoms with Gasteiger partial charge in [-0.25, -0.2) is 0 Å². The lowest BCUT2D eigenvalue weighted by molar-refractivity contribution is -0.314. The molecule has 1 aliphatic carbocycles. The number of rotatable bonds is 6. The molecule has 8 nitrogen and oxygen atoms in total. The number of ether oxygens (including phenoxy) is 1. The van der Waals surface area contributed by atoms with Crippen LogP contribution in [0.4, 0.5) is 0 Å². The molecule has 186 valence electrons. The highest BCUT2D eigenvalue weighted by Crippen LogP contribution is 2.65. The van der Waals surface area contributed by atoms with E-state index in [1.54, 1.807) is 24.4 Å². The third kappa shape index (κ3) is 4.11. The number of aldehydes is 1. The summed E-state index contributed by atoms with van der Waals surface area (Å²) in [4.78, 5) is 32.5. The van der Waals surface area contributed by atoms with Crippen LogP contribution in [0, 0.1) is 28.1 Å². The summed E-state index contributed by atoms with van der Waals surface area (Å²) < 4.78 is 6.86. The second-order valence-corrected chi connectivity index (χ2v) is 11.3. The predicted octanol–water partition coefficient (Wildman–Crippen LogP) is 3.69. The van der Waals surface area contributed by atoms with Crippen molar-refractivity contribution in [2.45, 2.75) is 59.0 Å². The summed E-state index contributed by atoms with van der Waals surface area (Å²) in [5.41, 5.74) is 4.73. The molecular formula is C26H32ClN5O3. The van der Waals surface area contributed by atoms with Crippen LogP contribution in [0.2, 0.25) is 5.02 Å². The Morgan fingerprint density at radius 1 is 1.26 bits per heavy atom. The molecule has 9 heteroatoms. The van der Waals surface area contributed by atoms with Crippen molar-refractivity contribution in [3.63, 3.8) is 0 Å². The molecule has 35 heavy (non-hydrogen) atoms. The highest BCUT2D eigenvalue weighted by Gasteiger charge is 2.72. The number of nitrogens with zero attached hydrogens (tertiary/aromatic N) is 4. The lowest BCUT2D eigenvalue weighted by atomic mass is 9.48. The van der Waals surface area contributed by atoms with Crippen molar-refractivity contribution < 1.29 is 14.3 Å². The van der Waals surface area contributed by atoms with Crippen LogP contribution >= 0.6 is 11.6 Å². The quantitative estimate of drug-likeness (QED) is 0.600. The van der Waals surface area contributed by atoms with Crippen LogP contribution in [0.25, 0.3) is 0 Å². The number of benzene rings is 1. The zero-order valence-electron chi connectivity index (χ0n) is 20.6. The van der Waals surface area contributed by atoms with E-state index < -0.39 is 17.9 Å². The zero-order chi connectivity index (χ0) is 25.6. The van der Waals surface area contributed by atoms with Crippen LogP contribution < -0.4 is 10.5 Å². The Hall–Kier alpha value is -2.89. The van der Waals surface area contributed by atoms with E-state index in [1.165, 1.54) is 6.21 Å². The smallest absolute Gasteiger partial charge is 0.251 e. The number of nitriles is 1. The maximum atomic E-state index is 12.2. The van der Waals surface area contributed by atoms with Gasteiger partial charge in [0.05, 0.1) is 16.2 Å². The van der Waals surface area contributed by atoms with E-state index in [1.807, 2.05) is 4.90 Å². The van der Waals surface area contributed by atoms with Crippen molar-refractivity contribution in [3.05, 3.63) is 40.6 Å². The van der Waals surface area contributed by atoms with Crippen LogP contribution in [-0.4, -0.2) is 53.3 Å². The van der Waals surface area contributed by atoms with Crippen molar-refractivity contribution in [1.29, 1.82) is 5.26 Å². The Labute approximate surface area is 211 Å². The highest BCUT2D eigenvalue weighted by atomic mass is 35.5. The Morgan fingerprint density at radius 2 is 1.91 bits per heavy atom. The highest BCUT2D eigenvalue weighted by molar-refractivity contribution is 6.31. The second kappa shape index (κ2) is 8.96. The molecule has 0 bridgehead atoms. The molecular weight excluding hydrogens is 466 g/mol. The monoisotopic (exact) mass is 497 g/mol. The van der Waals surface area contributed by atoms with Gasteiger partial charge in [-0.3, -0.25) is 14.7 Å². The van der Waals surface area contributed by atoms with Gasteiger partial charge in [0.25, 0.3) is 5.91 Å². The van der Waals surface area contributed by atoms with Gasteiger partial charge in [-0.05, 0) is 31.4 Å². The first-order valence-electron chi connectivity index (χ1n) is 11.9. The van der Waals surface area contributed by atoms with E-state index in [2.05, 4.69) is 38.7 Å². The minimum Gasteiger partial charge on any atom is -0.467 e. The fraction of sp³-hybridized carbons (Fsp3) is 0.538. The lowest BCUT2D eigenvalue weighted by Crippen LogP contribution is -2.79. The molecule has 4 rings (SSSR count). The van der Waals surface area contributed by atoms with Crippen LogP contribution in [-0.2, 0) is 9.59 Å². The molecule has 0 aromatic heterocycles. The first-order valence-corrected chi connectivity index (χ1v) is 12.2. The number of amides is 1. The topological polar surface area (TPSA) is 112 Å². The van der Waals surface area contributed by atoms with Crippen LogP contribution in [0.3, 0.4) is 0 Å². The number of hydrogen-bond acceptors (Lipinski definition) is 7. The first kappa shape index (κ1) is 25.2. The standard InChI is InChI=1S/C26H32ClN5O3/c1-24(2)16-25(3,4)26(24,35-20-6-5-18(12-28)21(27)11-20)32-14-19(22(29)34)13-30-23(32)31-9-7-17(15-33)8-10-31/h5-6,11,13-15,17,23H,7-10,16H2,1-4H3,(H2,29,34). The molecule has 2 aliphatic heterocycles. The maximum Gasteiger partial charge on any atom is 0.251 e. The number of carbonyl (C=O) groups excluding carboxylic acids is 2. The molecule has 1 unspecified atom stereocenters. The minimum absolute atomic E-state index is 0.0478. The minimum atomic E-state index is -0.915. The number of carbonyl (C=O) groups is 2. The third-order valence-corrected chi connectivity index (χ3v) is 7.97. The number of piperidine rings is 1. The molecule has 0 radical (unpaired) electrons. The Kier molecular flexibility index (Phi) is 6.45. The molecule has 1 saturated heterocycles. The molecule has 3 aliphatic rings. The number of hydrogen-bond donors (Lipinski definition) is 1. The van der Waals surface area contributed by atoms with E-state index in [9.17, 15) is 14.9 Å². The van der Waals surface area contributed by atoms with Crippen molar-refractivity contribution in [2.75, 3.05) is 13.1 Å². The number of primary amides is 1. The van der Waals surface area contributed by atoms with Gasteiger partial charge in [0.15, 0.2) is 12.0 Å². The lowest BCUT2D eigenvalue weighted by Gasteiger charge is -2.70. The Bertz CT molecular complexity index is 1110. The fourth-order valence-corrected chi connectivity index (χ4v) is 6.62. The third-order valence-electron chi connectivity index (χ3n) is 7.66. The van der Waals surface area contributed by atoms with Gasteiger partial charge >= 0.3 is 0 Å². The van der Waals surface area contributed by atoms with Crippen LogP contribution in [0.1, 0.15) is 52.5 Å². The van der Waals surface area contributed by atoms with Gasteiger partial charge in [0.2, 0.25) is 0 Å². The number of likely N-dealkylation sites (tertiary alicyclic amines) is 1. The number of aliphatic imine (C=N–C) groups is 1. The van der Waals surface area contributed by atoms with Crippen LogP contribution in [0.15, 0.2) is 35.0 Å². The average molecular weight is 498 g/mol. The van der Waals surface area contributed by atoms with Gasteiger partial charge in [-0.1, -0.05) is 39.3 Å². The predicted molar refractivity (Wildman–Crippen MR) is 133 cm³/mol. The van der Waals surface area contributed by atoms with E-state index in [0.717, 1.165) is 25.5 Å². The largest absolute Gasteiger partial charge is 0.467 e. The molecule has 2 heterocycles. The normalized spacial score (nSPS) is 25.2. The van der Waals surface area contributed by atoms with E-state index in [-0.39, 0.29) is 16.7 Å². The van der Waals surface area contributed by atoms with Crippen molar-refractivity contribution in [1.82, 2.24) is 9.80 Å². The van der Waals surface area contributed by atoms with Gasteiger partial charge in [-0.15, -0.1) is 0 Å². The summed E-state index contributed by atoms with van der Waals surface area (Å²) in [6.45, 7) is 9.93. The number of halogens is 1. The molecule has 1 aromatic carbocycles. The molecule has 0 spiro atoms. The van der Waals surface area contributed by atoms with E-state index in [0.29, 0.717) is 35.0 Å². The Balaban J connectivity index is 1.81. The number of nitrogens with two attached hydrogens (primary N) is 1. The summed E-state index contributed by atoms with van der Waals surface area (Å²) in [6, 6.07) is 7.12. The van der Waals surface area contributed by atoms with Crippen molar-refractivity contribution >= 4 is 30.0 Å². The first-order chi connectivity index (χ1) is 16.5. The molecule has 1 aromatic rings. The van der Waals surface area contributed by atoms with Gasteiger partial charge < -0.3 is 20.2 Å². The zero-order valence-corrected chi connectivity index (χ0v) is 21.4. The average Bonchev–Trinajstić information content (AvgIpc) is 2.81. The van der Waals surface area contributed by atoms with Gasteiger partial charge in [0, 0.05) is 48.3 Å².